The summed E-state index contributed by atoms with van der Waals surface area (Å²) in [6, 6.07) is 6.10. The van der Waals surface area contributed by atoms with Gasteiger partial charge in [0.1, 0.15) is 5.75 Å². The van der Waals surface area contributed by atoms with Gasteiger partial charge in [0.15, 0.2) is 0 Å². The molecule has 1 aliphatic rings. The Labute approximate surface area is 105 Å². The molecular formula is C13H16N2OS. The summed E-state index contributed by atoms with van der Waals surface area (Å²) >= 11 is 1.80. The minimum absolute atomic E-state index is 0.590. The molecule has 1 aromatic heterocycles. The van der Waals surface area contributed by atoms with E-state index in [1.54, 1.807) is 18.4 Å². The molecule has 4 heteroatoms. The summed E-state index contributed by atoms with van der Waals surface area (Å²) in [5.74, 6) is 1.50. The van der Waals surface area contributed by atoms with Crippen molar-refractivity contribution in [1.29, 1.82) is 0 Å². The molecule has 0 amide bonds. The van der Waals surface area contributed by atoms with Crippen LogP contribution >= 0.6 is 11.3 Å². The predicted octanol–water partition coefficient (Wildman–Crippen LogP) is 2.77. The molecule has 1 atom stereocenters. The number of thiazole rings is 1. The van der Waals surface area contributed by atoms with Crippen molar-refractivity contribution in [2.24, 2.45) is 0 Å². The van der Waals surface area contributed by atoms with Gasteiger partial charge in [0.2, 0.25) is 0 Å². The van der Waals surface area contributed by atoms with Crippen LogP contribution in [0.25, 0.3) is 10.2 Å². The van der Waals surface area contributed by atoms with Crippen LogP contribution in [0.4, 0.5) is 0 Å². The van der Waals surface area contributed by atoms with Crippen molar-refractivity contribution in [3.05, 3.63) is 23.2 Å². The molecule has 1 aromatic carbocycles. The fourth-order valence-corrected chi connectivity index (χ4v) is 3.42. The monoisotopic (exact) mass is 248 g/mol. The summed E-state index contributed by atoms with van der Waals surface area (Å²) in [5, 5.41) is 4.71. The molecule has 0 aliphatic carbocycles. The van der Waals surface area contributed by atoms with E-state index in [1.807, 2.05) is 12.1 Å². The standard InChI is InChI=1S/C13H16N2OS/c1-16-10-4-5-11-12(7-10)17-13(15-11)9-3-2-6-14-8-9/h4-5,7,9,14H,2-3,6,8H2,1H3. The largest absolute Gasteiger partial charge is 0.497 e. The number of ether oxygens (including phenoxy) is 1. The molecular weight excluding hydrogens is 232 g/mol. The van der Waals surface area contributed by atoms with Crippen molar-refractivity contribution in [3.63, 3.8) is 0 Å². The van der Waals surface area contributed by atoms with Gasteiger partial charge in [0, 0.05) is 12.5 Å². The minimum atomic E-state index is 0.590. The second kappa shape index (κ2) is 4.63. The lowest BCUT2D eigenvalue weighted by atomic mass is 10.0. The van der Waals surface area contributed by atoms with Crippen LogP contribution < -0.4 is 10.1 Å². The van der Waals surface area contributed by atoms with Crippen LogP contribution in [0.15, 0.2) is 18.2 Å². The van der Waals surface area contributed by atoms with Crippen molar-refractivity contribution in [2.45, 2.75) is 18.8 Å². The third-order valence-corrected chi connectivity index (χ3v) is 4.44. The highest BCUT2D eigenvalue weighted by molar-refractivity contribution is 7.18. The number of methoxy groups -OCH3 is 1. The van der Waals surface area contributed by atoms with Crippen LogP contribution in [0.1, 0.15) is 23.8 Å². The van der Waals surface area contributed by atoms with Gasteiger partial charge >= 0.3 is 0 Å². The molecule has 1 aliphatic heterocycles. The zero-order valence-electron chi connectivity index (χ0n) is 9.90. The molecule has 1 unspecified atom stereocenters. The summed E-state index contributed by atoms with van der Waals surface area (Å²) < 4.78 is 6.47. The molecule has 17 heavy (non-hydrogen) atoms. The van der Waals surface area contributed by atoms with Crippen LogP contribution in [0, 0.1) is 0 Å². The summed E-state index contributed by atoms with van der Waals surface area (Å²) in [6.07, 6.45) is 2.51. The third-order valence-electron chi connectivity index (χ3n) is 3.26. The van der Waals surface area contributed by atoms with Crippen molar-refractivity contribution in [2.75, 3.05) is 20.2 Å². The maximum Gasteiger partial charge on any atom is 0.120 e. The Kier molecular flexibility index (Phi) is 2.99. The Morgan fingerprint density at radius 1 is 1.47 bits per heavy atom. The Morgan fingerprint density at radius 2 is 2.41 bits per heavy atom. The topological polar surface area (TPSA) is 34.1 Å². The lowest BCUT2D eigenvalue weighted by molar-refractivity contribution is 0.415. The highest BCUT2D eigenvalue weighted by Crippen LogP contribution is 2.32. The van der Waals surface area contributed by atoms with Gasteiger partial charge in [0.25, 0.3) is 0 Å². The van der Waals surface area contributed by atoms with E-state index in [0.29, 0.717) is 5.92 Å². The van der Waals surface area contributed by atoms with Gasteiger partial charge in [-0.2, -0.15) is 0 Å². The second-order valence-corrected chi connectivity index (χ2v) is 5.49. The first-order valence-corrected chi connectivity index (χ1v) is 6.83. The molecule has 3 nitrogen and oxygen atoms in total. The van der Waals surface area contributed by atoms with E-state index in [0.717, 1.165) is 24.4 Å². The van der Waals surface area contributed by atoms with Gasteiger partial charge in [-0.25, -0.2) is 4.98 Å². The van der Waals surface area contributed by atoms with Crippen LogP contribution in [0.5, 0.6) is 5.75 Å². The SMILES string of the molecule is COc1ccc2nc(C3CCCNC3)sc2c1. The van der Waals surface area contributed by atoms with Crippen molar-refractivity contribution >= 4 is 21.6 Å². The van der Waals surface area contributed by atoms with Crippen molar-refractivity contribution in [1.82, 2.24) is 10.3 Å². The zero-order valence-corrected chi connectivity index (χ0v) is 10.7. The van der Waals surface area contributed by atoms with E-state index in [1.165, 1.54) is 22.5 Å². The van der Waals surface area contributed by atoms with E-state index in [9.17, 15) is 0 Å². The fraction of sp³-hybridized carbons (Fsp3) is 0.462. The molecule has 2 heterocycles. The minimum Gasteiger partial charge on any atom is -0.497 e. The highest BCUT2D eigenvalue weighted by Gasteiger charge is 2.18. The van der Waals surface area contributed by atoms with Crippen LogP contribution in [0.2, 0.25) is 0 Å². The lowest BCUT2D eigenvalue weighted by Gasteiger charge is -2.20. The zero-order chi connectivity index (χ0) is 11.7. The van der Waals surface area contributed by atoms with Gasteiger partial charge in [-0.05, 0) is 37.6 Å². The molecule has 1 N–H and O–H groups in total. The van der Waals surface area contributed by atoms with E-state index >= 15 is 0 Å². The number of nitrogens with zero attached hydrogens (tertiary/aromatic N) is 1. The Bertz CT molecular complexity index is 517. The highest BCUT2D eigenvalue weighted by atomic mass is 32.1. The number of hydrogen-bond donors (Lipinski definition) is 1. The van der Waals surface area contributed by atoms with Gasteiger partial charge < -0.3 is 10.1 Å². The molecule has 0 saturated carbocycles. The summed E-state index contributed by atoms with van der Waals surface area (Å²) in [7, 11) is 1.70. The normalized spacial score (nSPS) is 20.6. The number of hydrogen-bond acceptors (Lipinski definition) is 4. The average molecular weight is 248 g/mol. The second-order valence-electron chi connectivity index (χ2n) is 4.43. The third kappa shape index (κ3) is 2.15. The van der Waals surface area contributed by atoms with Crippen LogP contribution in [-0.4, -0.2) is 25.2 Å². The summed E-state index contributed by atoms with van der Waals surface area (Å²) in [4.78, 5) is 4.73. The average Bonchev–Trinajstić information content (AvgIpc) is 2.82. The first-order chi connectivity index (χ1) is 8.36. The maximum absolute atomic E-state index is 5.24. The Balaban J connectivity index is 1.95. The smallest absolute Gasteiger partial charge is 0.120 e. The number of rotatable bonds is 2. The predicted molar refractivity (Wildman–Crippen MR) is 71.0 cm³/mol. The molecule has 1 saturated heterocycles. The summed E-state index contributed by atoms with van der Waals surface area (Å²) in [6.45, 7) is 2.21. The molecule has 0 bridgehead atoms. The van der Waals surface area contributed by atoms with Crippen LogP contribution in [0.3, 0.4) is 0 Å². The number of fused-ring (bicyclic) bond motifs is 1. The fourth-order valence-electron chi connectivity index (χ4n) is 2.29. The molecule has 0 radical (unpaired) electrons. The lowest BCUT2D eigenvalue weighted by Crippen LogP contribution is -2.28. The van der Waals surface area contributed by atoms with E-state index in [4.69, 9.17) is 9.72 Å². The molecule has 2 aromatic rings. The van der Waals surface area contributed by atoms with E-state index in [-0.39, 0.29) is 0 Å². The van der Waals surface area contributed by atoms with Gasteiger partial charge in [-0.15, -0.1) is 11.3 Å². The molecule has 0 spiro atoms. The number of nitrogens with one attached hydrogen (secondary N) is 1. The number of benzene rings is 1. The van der Waals surface area contributed by atoms with Crippen molar-refractivity contribution in [3.8, 4) is 5.75 Å². The van der Waals surface area contributed by atoms with Gasteiger partial charge in [-0.1, -0.05) is 0 Å². The van der Waals surface area contributed by atoms with E-state index in [2.05, 4.69) is 11.4 Å². The Morgan fingerprint density at radius 3 is 3.18 bits per heavy atom. The quantitative estimate of drug-likeness (QED) is 0.887. The molecule has 3 rings (SSSR count). The molecule has 90 valence electrons. The van der Waals surface area contributed by atoms with Gasteiger partial charge in [-0.3, -0.25) is 0 Å². The number of aromatic nitrogens is 1. The van der Waals surface area contributed by atoms with Crippen molar-refractivity contribution < 1.29 is 4.74 Å². The van der Waals surface area contributed by atoms with Crippen LogP contribution in [-0.2, 0) is 0 Å². The first-order valence-electron chi connectivity index (χ1n) is 6.02. The maximum atomic E-state index is 5.24. The van der Waals surface area contributed by atoms with E-state index < -0.39 is 0 Å². The molecule has 1 fully saturated rings. The first kappa shape index (κ1) is 11.0. The number of piperidine rings is 1. The summed E-state index contributed by atoms with van der Waals surface area (Å²) in [5.41, 5.74) is 1.09. The Hall–Kier alpha value is -1.13. The van der Waals surface area contributed by atoms with Gasteiger partial charge in [0.05, 0.1) is 22.3 Å².